The minimum atomic E-state index is -3.63. The van der Waals surface area contributed by atoms with Crippen molar-refractivity contribution in [2.75, 3.05) is 38.2 Å². The maximum Gasteiger partial charge on any atom is 0.337 e. The number of benzene rings is 2. The van der Waals surface area contributed by atoms with Crippen LogP contribution < -0.4 is 4.90 Å². The molecule has 1 saturated heterocycles. The summed E-state index contributed by atoms with van der Waals surface area (Å²) in [7, 11) is -2.36. The molecule has 1 aliphatic heterocycles. The lowest BCUT2D eigenvalue weighted by Crippen LogP contribution is -2.48. The number of rotatable bonds is 4. The Morgan fingerprint density at radius 1 is 0.960 bits per heavy atom. The van der Waals surface area contributed by atoms with E-state index in [-0.39, 0.29) is 10.5 Å². The van der Waals surface area contributed by atoms with E-state index >= 15 is 0 Å². The van der Waals surface area contributed by atoms with Crippen molar-refractivity contribution in [1.82, 2.24) is 4.31 Å². The van der Waals surface area contributed by atoms with E-state index < -0.39 is 16.0 Å². The summed E-state index contributed by atoms with van der Waals surface area (Å²) in [6.07, 6.45) is 0. The molecule has 0 amide bonds. The molecule has 1 aliphatic rings. The zero-order valence-electron chi connectivity index (χ0n) is 14.0. The number of anilines is 1. The van der Waals surface area contributed by atoms with Gasteiger partial charge in [-0.05, 0) is 30.3 Å². The summed E-state index contributed by atoms with van der Waals surface area (Å²) in [5, 5.41) is 0. The summed E-state index contributed by atoms with van der Waals surface area (Å²) >= 11 is 0. The third-order valence-corrected chi connectivity index (χ3v) is 6.15. The number of hydrogen-bond acceptors (Lipinski definition) is 5. The molecule has 0 unspecified atom stereocenters. The monoisotopic (exact) mass is 360 g/mol. The average molecular weight is 360 g/mol. The summed E-state index contributed by atoms with van der Waals surface area (Å²) in [6.45, 7) is 2.05. The van der Waals surface area contributed by atoms with Crippen LogP contribution in [0.4, 0.5) is 5.69 Å². The highest BCUT2D eigenvalue weighted by Crippen LogP contribution is 2.21. The number of para-hydroxylation sites is 1. The van der Waals surface area contributed by atoms with Crippen LogP contribution in [0.2, 0.25) is 0 Å². The first kappa shape index (κ1) is 17.4. The number of piperazine rings is 1. The topological polar surface area (TPSA) is 66.9 Å². The van der Waals surface area contributed by atoms with Gasteiger partial charge in [0.2, 0.25) is 10.0 Å². The summed E-state index contributed by atoms with van der Waals surface area (Å²) in [5.74, 6) is -0.550. The molecule has 0 N–H and O–H groups in total. The van der Waals surface area contributed by atoms with Gasteiger partial charge in [-0.25, -0.2) is 13.2 Å². The van der Waals surface area contributed by atoms with Gasteiger partial charge in [-0.15, -0.1) is 0 Å². The lowest BCUT2D eigenvalue weighted by atomic mass is 10.2. The first-order valence-electron chi connectivity index (χ1n) is 8.01. The number of nitrogens with zero attached hydrogens (tertiary/aromatic N) is 2. The largest absolute Gasteiger partial charge is 0.465 e. The summed E-state index contributed by atoms with van der Waals surface area (Å²) in [6, 6.07) is 15.9. The van der Waals surface area contributed by atoms with Crippen LogP contribution in [0.5, 0.6) is 0 Å². The Hall–Kier alpha value is -2.38. The fraction of sp³-hybridized carbons (Fsp3) is 0.278. The molecular weight excluding hydrogens is 340 g/mol. The second-order valence-electron chi connectivity index (χ2n) is 5.75. The number of carbonyl (C=O) groups excluding carboxylic acids is 1. The van der Waals surface area contributed by atoms with Crippen molar-refractivity contribution in [1.29, 1.82) is 0 Å². The molecule has 0 saturated carbocycles. The van der Waals surface area contributed by atoms with Crippen molar-refractivity contribution in [2.24, 2.45) is 0 Å². The van der Waals surface area contributed by atoms with Gasteiger partial charge in [-0.2, -0.15) is 4.31 Å². The highest BCUT2D eigenvalue weighted by atomic mass is 32.2. The predicted octanol–water partition coefficient (Wildman–Crippen LogP) is 1.98. The van der Waals surface area contributed by atoms with Crippen LogP contribution in [-0.4, -0.2) is 52.0 Å². The van der Waals surface area contributed by atoms with E-state index in [0.717, 1.165) is 5.69 Å². The van der Waals surface area contributed by atoms with Crippen molar-refractivity contribution < 1.29 is 17.9 Å². The van der Waals surface area contributed by atoms with Crippen LogP contribution in [0.3, 0.4) is 0 Å². The first-order valence-corrected chi connectivity index (χ1v) is 9.45. The Balaban J connectivity index is 1.75. The van der Waals surface area contributed by atoms with Gasteiger partial charge in [0.25, 0.3) is 0 Å². The number of carbonyl (C=O) groups is 1. The van der Waals surface area contributed by atoms with Crippen LogP contribution in [0.25, 0.3) is 0 Å². The number of ether oxygens (including phenoxy) is 1. The molecule has 3 rings (SSSR count). The number of sulfonamides is 1. The molecule has 7 heteroatoms. The Morgan fingerprint density at radius 2 is 1.64 bits per heavy atom. The molecule has 2 aromatic rings. The van der Waals surface area contributed by atoms with E-state index in [1.807, 2.05) is 30.3 Å². The van der Waals surface area contributed by atoms with Gasteiger partial charge >= 0.3 is 5.97 Å². The highest BCUT2D eigenvalue weighted by molar-refractivity contribution is 7.89. The predicted molar refractivity (Wildman–Crippen MR) is 95.2 cm³/mol. The fourth-order valence-corrected chi connectivity index (χ4v) is 4.34. The molecule has 25 heavy (non-hydrogen) atoms. The third-order valence-electron chi connectivity index (χ3n) is 4.25. The van der Waals surface area contributed by atoms with E-state index in [1.165, 1.54) is 29.6 Å². The van der Waals surface area contributed by atoms with E-state index in [1.54, 1.807) is 6.07 Å². The van der Waals surface area contributed by atoms with Gasteiger partial charge < -0.3 is 9.64 Å². The first-order chi connectivity index (χ1) is 12.0. The molecule has 1 fully saturated rings. The van der Waals surface area contributed by atoms with Gasteiger partial charge in [-0.3, -0.25) is 0 Å². The third kappa shape index (κ3) is 3.67. The lowest BCUT2D eigenvalue weighted by Gasteiger charge is -2.35. The maximum absolute atomic E-state index is 12.8. The van der Waals surface area contributed by atoms with Crippen molar-refractivity contribution in [3.8, 4) is 0 Å². The van der Waals surface area contributed by atoms with Gasteiger partial charge in [0.1, 0.15) is 0 Å². The van der Waals surface area contributed by atoms with E-state index in [9.17, 15) is 13.2 Å². The molecule has 0 aromatic heterocycles. The Bertz CT molecular complexity index is 844. The fourth-order valence-electron chi connectivity index (χ4n) is 2.88. The standard InChI is InChI=1S/C18H20N2O4S/c1-24-18(21)15-6-5-9-17(14-15)25(22,23)20-12-10-19(11-13-20)16-7-3-2-4-8-16/h2-9,14H,10-13H2,1H3. The molecule has 0 spiro atoms. The normalized spacial score (nSPS) is 15.8. The molecule has 1 heterocycles. The summed E-state index contributed by atoms with van der Waals surface area (Å²) < 4.78 is 31.8. The molecule has 0 atom stereocenters. The van der Waals surface area contributed by atoms with Gasteiger partial charge in [0, 0.05) is 31.9 Å². The maximum atomic E-state index is 12.8. The molecule has 132 valence electrons. The molecule has 0 aliphatic carbocycles. The smallest absolute Gasteiger partial charge is 0.337 e. The van der Waals surface area contributed by atoms with Crippen molar-refractivity contribution in [3.05, 3.63) is 60.2 Å². The molecule has 0 bridgehead atoms. The van der Waals surface area contributed by atoms with Gasteiger partial charge in [0.05, 0.1) is 17.6 Å². The highest BCUT2D eigenvalue weighted by Gasteiger charge is 2.29. The molecule has 0 radical (unpaired) electrons. The Morgan fingerprint density at radius 3 is 2.28 bits per heavy atom. The van der Waals surface area contributed by atoms with Gasteiger partial charge in [0.15, 0.2) is 0 Å². The van der Waals surface area contributed by atoms with Crippen LogP contribution in [0, 0.1) is 0 Å². The second kappa shape index (κ2) is 7.25. The lowest BCUT2D eigenvalue weighted by molar-refractivity contribution is 0.0600. The quantitative estimate of drug-likeness (QED) is 0.780. The average Bonchev–Trinajstić information content (AvgIpc) is 2.68. The van der Waals surface area contributed by atoms with Gasteiger partial charge in [-0.1, -0.05) is 24.3 Å². The minimum Gasteiger partial charge on any atom is -0.465 e. The van der Waals surface area contributed by atoms with Crippen molar-refractivity contribution >= 4 is 21.7 Å². The Kier molecular flexibility index (Phi) is 5.06. The number of esters is 1. The zero-order valence-corrected chi connectivity index (χ0v) is 14.8. The number of methoxy groups -OCH3 is 1. The molecule has 6 nitrogen and oxygen atoms in total. The van der Waals surface area contributed by atoms with Crippen LogP contribution in [0.1, 0.15) is 10.4 Å². The van der Waals surface area contributed by atoms with Crippen LogP contribution in [-0.2, 0) is 14.8 Å². The SMILES string of the molecule is COC(=O)c1cccc(S(=O)(=O)N2CCN(c3ccccc3)CC2)c1. The van der Waals surface area contributed by atoms with E-state index in [4.69, 9.17) is 0 Å². The molecule has 2 aromatic carbocycles. The van der Waals surface area contributed by atoms with Crippen molar-refractivity contribution in [3.63, 3.8) is 0 Å². The second-order valence-corrected chi connectivity index (χ2v) is 7.68. The number of hydrogen-bond donors (Lipinski definition) is 0. The van der Waals surface area contributed by atoms with E-state index in [2.05, 4.69) is 9.64 Å². The summed E-state index contributed by atoms with van der Waals surface area (Å²) in [5.41, 5.74) is 1.32. The van der Waals surface area contributed by atoms with E-state index in [0.29, 0.717) is 26.2 Å². The van der Waals surface area contributed by atoms with Crippen molar-refractivity contribution in [2.45, 2.75) is 4.90 Å². The Labute approximate surface area is 147 Å². The summed E-state index contributed by atoms with van der Waals surface area (Å²) in [4.78, 5) is 13.9. The van der Waals surface area contributed by atoms with Crippen LogP contribution >= 0.6 is 0 Å². The zero-order chi connectivity index (χ0) is 17.9. The minimum absolute atomic E-state index is 0.114. The molecular formula is C18H20N2O4S. The van der Waals surface area contributed by atoms with Crippen LogP contribution in [0.15, 0.2) is 59.5 Å².